The number of halogens is 2. The van der Waals surface area contributed by atoms with Gasteiger partial charge in [0.05, 0.1) is 15.7 Å². The number of aromatic nitrogens is 6. The number of hydrogen-bond donors (Lipinski definition) is 1. The smallest absolute Gasteiger partial charge is 0.291 e. The predicted molar refractivity (Wildman–Crippen MR) is 123 cm³/mol. The van der Waals surface area contributed by atoms with Crippen molar-refractivity contribution in [2.24, 2.45) is 0 Å². The molecule has 0 spiro atoms. The highest BCUT2D eigenvalue weighted by Crippen LogP contribution is 2.28. The summed E-state index contributed by atoms with van der Waals surface area (Å²) in [5.74, 6) is 0.950. The van der Waals surface area contributed by atoms with E-state index in [1.165, 1.54) is 4.68 Å². The van der Waals surface area contributed by atoms with Crippen molar-refractivity contribution in [3.05, 3.63) is 81.2 Å². The zero-order chi connectivity index (χ0) is 22.8. The summed E-state index contributed by atoms with van der Waals surface area (Å²) in [6, 6.07) is 10.9. The molecule has 164 valence electrons. The highest BCUT2D eigenvalue weighted by molar-refractivity contribution is 6.37. The molecule has 0 bridgehead atoms. The Morgan fingerprint density at radius 3 is 2.41 bits per heavy atom. The minimum Gasteiger partial charge on any atom is -0.345 e. The molecule has 0 radical (unpaired) electrons. The summed E-state index contributed by atoms with van der Waals surface area (Å²) in [5, 5.41) is 12.5. The third kappa shape index (κ3) is 4.37. The van der Waals surface area contributed by atoms with Gasteiger partial charge >= 0.3 is 0 Å². The molecule has 3 aromatic heterocycles. The highest BCUT2D eigenvalue weighted by Gasteiger charge is 2.19. The van der Waals surface area contributed by atoms with Gasteiger partial charge in [0.1, 0.15) is 11.5 Å². The highest BCUT2D eigenvalue weighted by atomic mass is 35.5. The van der Waals surface area contributed by atoms with Crippen LogP contribution in [0.2, 0.25) is 10.0 Å². The second-order valence-electron chi connectivity index (χ2n) is 7.23. The van der Waals surface area contributed by atoms with Crippen molar-refractivity contribution in [2.45, 2.75) is 33.7 Å². The molecule has 0 unspecified atom stereocenters. The van der Waals surface area contributed by atoms with Crippen LogP contribution in [0, 0.1) is 13.8 Å². The molecule has 0 aliphatic heterocycles. The molecule has 32 heavy (non-hydrogen) atoms. The molecule has 4 rings (SSSR count). The van der Waals surface area contributed by atoms with Crippen LogP contribution in [-0.2, 0) is 13.0 Å². The number of carbonyl (C=O) groups is 1. The summed E-state index contributed by atoms with van der Waals surface area (Å²) >= 11 is 12.6. The number of rotatable bonds is 6. The normalized spacial score (nSPS) is 11.0. The SMILES string of the molecule is CCc1nc(C(=O)NCc2ccc(-n3nc(C)cc3C)nc2)nn1-c1c(Cl)cccc1Cl. The molecule has 1 N–H and O–H groups in total. The number of amides is 1. The van der Waals surface area contributed by atoms with E-state index in [1.807, 2.05) is 39.0 Å². The number of nitrogens with zero attached hydrogens (tertiary/aromatic N) is 6. The van der Waals surface area contributed by atoms with Crippen LogP contribution in [0.25, 0.3) is 11.5 Å². The fourth-order valence-corrected chi connectivity index (χ4v) is 3.87. The van der Waals surface area contributed by atoms with E-state index in [0.717, 1.165) is 22.8 Å². The van der Waals surface area contributed by atoms with Gasteiger partial charge in [0.25, 0.3) is 5.91 Å². The average Bonchev–Trinajstić information content (AvgIpc) is 3.35. The van der Waals surface area contributed by atoms with Crippen LogP contribution < -0.4 is 5.32 Å². The fourth-order valence-electron chi connectivity index (χ4n) is 3.31. The lowest BCUT2D eigenvalue weighted by atomic mass is 10.3. The Hall–Kier alpha value is -3.23. The molecule has 0 atom stereocenters. The molecular formula is C22H21Cl2N7O. The lowest BCUT2D eigenvalue weighted by Crippen LogP contribution is -2.24. The summed E-state index contributed by atoms with van der Waals surface area (Å²) in [7, 11) is 0. The molecule has 3 heterocycles. The van der Waals surface area contributed by atoms with Crippen LogP contribution >= 0.6 is 23.2 Å². The predicted octanol–water partition coefficient (Wildman–Crippen LogP) is 4.26. The molecule has 8 nitrogen and oxygen atoms in total. The first-order valence-corrected chi connectivity index (χ1v) is 10.8. The van der Waals surface area contributed by atoms with Gasteiger partial charge in [-0.15, -0.1) is 5.10 Å². The monoisotopic (exact) mass is 469 g/mol. The summed E-state index contributed by atoms with van der Waals surface area (Å²) in [6.45, 7) is 6.11. The van der Waals surface area contributed by atoms with Gasteiger partial charge in [0.2, 0.25) is 5.82 Å². The lowest BCUT2D eigenvalue weighted by molar-refractivity contribution is 0.0940. The zero-order valence-electron chi connectivity index (χ0n) is 17.8. The molecule has 1 amide bonds. The molecule has 0 aliphatic rings. The zero-order valence-corrected chi connectivity index (χ0v) is 19.3. The first kappa shape index (κ1) is 22.0. The first-order chi connectivity index (χ1) is 15.4. The first-order valence-electron chi connectivity index (χ1n) is 10.0. The van der Waals surface area contributed by atoms with E-state index in [4.69, 9.17) is 23.2 Å². The molecule has 1 aromatic carbocycles. The van der Waals surface area contributed by atoms with Gasteiger partial charge in [-0.05, 0) is 43.7 Å². The number of hydrogen-bond acceptors (Lipinski definition) is 5. The van der Waals surface area contributed by atoms with Crippen LogP contribution in [0.3, 0.4) is 0 Å². The summed E-state index contributed by atoms with van der Waals surface area (Å²) < 4.78 is 3.30. The Morgan fingerprint density at radius 2 is 1.81 bits per heavy atom. The van der Waals surface area contributed by atoms with Crippen molar-refractivity contribution < 1.29 is 4.79 Å². The summed E-state index contributed by atoms with van der Waals surface area (Å²) in [4.78, 5) is 21.5. The maximum Gasteiger partial charge on any atom is 0.291 e. The molecule has 0 fully saturated rings. The minimum atomic E-state index is -0.399. The van der Waals surface area contributed by atoms with Crippen LogP contribution in [0.5, 0.6) is 0 Å². The Labute approximate surface area is 195 Å². The third-order valence-electron chi connectivity index (χ3n) is 4.83. The van der Waals surface area contributed by atoms with Crippen molar-refractivity contribution in [3.8, 4) is 11.5 Å². The Morgan fingerprint density at radius 1 is 1.06 bits per heavy atom. The number of benzene rings is 1. The van der Waals surface area contributed by atoms with Gasteiger partial charge in [-0.2, -0.15) is 5.10 Å². The van der Waals surface area contributed by atoms with E-state index in [0.29, 0.717) is 28.0 Å². The second kappa shape index (κ2) is 9.10. The van der Waals surface area contributed by atoms with Gasteiger partial charge in [0, 0.05) is 24.9 Å². The quantitative estimate of drug-likeness (QED) is 0.455. The number of aryl methyl sites for hydroxylation is 3. The Balaban J connectivity index is 1.49. The van der Waals surface area contributed by atoms with Gasteiger partial charge in [-0.3, -0.25) is 4.79 Å². The molecule has 4 aromatic rings. The average molecular weight is 470 g/mol. The topological polar surface area (TPSA) is 90.5 Å². The third-order valence-corrected chi connectivity index (χ3v) is 5.44. The van der Waals surface area contributed by atoms with E-state index >= 15 is 0 Å². The lowest BCUT2D eigenvalue weighted by Gasteiger charge is -2.08. The van der Waals surface area contributed by atoms with E-state index in [1.54, 1.807) is 29.1 Å². The van der Waals surface area contributed by atoms with E-state index in [2.05, 4.69) is 25.5 Å². The van der Waals surface area contributed by atoms with E-state index in [-0.39, 0.29) is 12.4 Å². The van der Waals surface area contributed by atoms with Crippen molar-refractivity contribution in [1.82, 2.24) is 34.8 Å². The number of pyridine rings is 1. The van der Waals surface area contributed by atoms with E-state index in [9.17, 15) is 4.79 Å². The Kier molecular flexibility index (Phi) is 6.25. The molecule has 0 aliphatic carbocycles. The molecular weight excluding hydrogens is 449 g/mol. The van der Waals surface area contributed by atoms with Crippen molar-refractivity contribution >= 4 is 29.1 Å². The standard InChI is InChI=1S/C22H21Cl2N7O/c1-4-18-27-21(29-31(18)20-16(23)6-5-7-17(20)24)22(32)26-12-15-8-9-19(25-11-15)30-14(3)10-13(2)28-30/h5-11H,4,12H2,1-3H3,(H,26,32). The van der Waals surface area contributed by atoms with Crippen LogP contribution in [-0.4, -0.2) is 35.4 Å². The van der Waals surface area contributed by atoms with Crippen LogP contribution in [0.4, 0.5) is 0 Å². The number of nitrogens with one attached hydrogen (secondary N) is 1. The summed E-state index contributed by atoms with van der Waals surface area (Å²) in [6.07, 6.45) is 2.26. The molecule has 10 heteroatoms. The van der Waals surface area contributed by atoms with Crippen molar-refractivity contribution in [2.75, 3.05) is 0 Å². The largest absolute Gasteiger partial charge is 0.345 e. The summed E-state index contributed by atoms with van der Waals surface area (Å²) in [5.41, 5.74) is 3.27. The second-order valence-corrected chi connectivity index (χ2v) is 8.05. The Bertz CT molecular complexity index is 1260. The number of para-hydroxylation sites is 1. The maximum atomic E-state index is 12.7. The van der Waals surface area contributed by atoms with Crippen LogP contribution in [0.15, 0.2) is 42.6 Å². The van der Waals surface area contributed by atoms with Gasteiger partial charge in [-0.1, -0.05) is 42.3 Å². The van der Waals surface area contributed by atoms with Gasteiger partial charge < -0.3 is 5.32 Å². The maximum absolute atomic E-state index is 12.7. The van der Waals surface area contributed by atoms with Crippen molar-refractivity contribution in [3.63, 3.8) is 0 Å². The van der Waals surface area contributed by atoms with E-state index < -0.39 is 5.91 Å². The molecule has 0 saturated heterocycles. The molecule has 0 saturated carbocycles. The minimum absolute atomic E-state index is 0.0463. The van der Waals surface area contributed by atoms with Gasteiger partial charge in [-0.25, -0.2) is 19.3 Å². The van der Waals surface area contributed by atoms with Crippen molar-refractivity contribution in [1.29, 1.82) is 0 Å². The van der Waals surface area contributed by atoms with Gasteiger partial charge in [0.15, 0.2) is 5.82 Å². The fraction of sp³-hybridized carbons (Fsp3) is 0.227. The number of carbonyl (C=O) groups excluding carboxylic acids is 1. The van der Waals surface area contributed by atoms with Crippen LogP contribution in [0.1, 0.15) is 40.3 Å².